The van der Waals surface area contributed by atoms with E-state index in [0.717, 1.165) is 11.3 Å². The number of carbonyl (C=O) groups is 1. The second-order valence-corrected chi connectivity index (χ2v) is 2.41. The summed E-state index contributed by atoms with van der Waals surface area (Å²) in [6.07, 6.45) is 0.902. The fourth-order valence-electron chi connectivity index (χ4n) is 0.849. The molecule has 0 radical (unpaired) electrons. The summed E-state index contributed by atoms with van der Waals surface area (Å²) in [6, 6.07) is 3.61. The molecule has 1 rings (SSSR count). The van der Waals surface area contributed by atoms with Crippen LogP contribution in [0.1, 0.15) is 11.3 Å². The molecule has 64 valence electrons. The number of aromatic nitrogens is 1. The van der Waals surface area contributed by atoms with Crippen molar-refractivity contribution in [3.63, 3.8) is 0 Å². The van der Waals surface area contributed by atoms with Crippen LogP contribution in [0.3, 0.4) is 0 Å². The van der Waals surface area contributed by atoms with E-state index in [2.05, 4.69) is 9.72 Å². The molecule has 1 aromatic rings. The fraction of sp³-hybridized carbons (Fsp3) is 0.250. The first-order valence-electron chi connectivity index (χ1n) is 3.52. The number of hydrogen-bond donors (Lipinski definition) is 1. The van der Waals surface area contributed by atoms with Crippen molar-refractivity contribution in [3.8, 4) is 0 Å². The molecule has 0 aliphatic rings. The zero-order chi connectivity index (χ0) is 8.97. The van der Waals surface area contributed by atoms with Crippen molar-refractivity contribution in [2.45, 2.75) is 13.5 Å². The normalized spacial score (nSPS) is 9.42. The van der Waals surface area contributed by atoms with Crippen LogP contribution < -0.4 is 5.73 Å². The highest BCUT2D eigenvalue weighted by molar-refractivity contribution is 5.64. The molecular formula is C8H10N2O2. The van der Waals surface area contributed by atoms with Gasteiger partial charge >= 0.3 is 6.09 Å². The number of primary amides is 1. The van der Waals surface area contributed by atoms with Crippen molar-refractivity contribution in [1.82, 2.24) is 4.98 Å². The quantitative estimate of drug-likeness (QED) is 0.712. The summed E-state index contributed by atoms with van der Waals surface area (Å²) in [5, 5.41) is 0. The van der Waals surface area contributed by atoms with Crippen LogP contribution in [-0.4, -0.2) is 11.1 Å². The molecule has 0 spiro atoms. The molecule has 1 amide bonds. The van der Waals surface area contributed by atoms with Gasteiger partial charge in [0.2, 0.25) is 0 Å². The van der Waals surface area contributed by atoms with E-state index < -0.39 is 6.09 Å². The molecule has 0 saturated carbocycles. The zero-order valence-electron chi connectivity index (χ0n) is 6.78. The molecule has 0 atom stereocenters. The highest BCUT2D eigenvalue weighted by Gasteiger charge is 1.96. The molecule has 0 bridgehead atoms. The maximum atomic E-state index is 10.2. The molecule has 1 aromatic heterocycles. The van der Waals surface area contributed by atoms with Gasteiger partial charge in [-0.15, -0.1) is 0 Å². The summed E-state index contributed by atoms with van der Waals surface area (Å²) >= 11 is 0. The lowest BCUT2D eigenvalue weighted by atomic mass is 10.2. The Hall–Kier alpha value is -1.58. The van der Waals surface area contributed by atoms with Crippen molar-refractivity contribution in [2.75, 3.05) is 0 Å². The molecule has 1 heterocycles. The lowest BCUT2D eigenvalue weighted by Gasteiger charge is -2.01. The highest BCUT2D eigenvalue weighted by Crippen LogP contribution is 2.01. The standard InChI is InChI=1S/C8H10N2O2/c1-6-4-7(2-3-10-6)5-12-8(9)11/h2-4H,5H2,1H3,(H2,9,11). The third-order valence-corrected chi connectivity index (χ3v) is 1.34. The first-order chi connectivity index (χ1) is 5.68. The van der Waals surface area contributed by atoms with E-state index in [1.54, 1.807) is 12.3 Å². The predicted molar refractivity (Wildman–Crippen MR) is 43.3 cm³/mol. The van der Waals surface area contributed by atoms with Gasteiger partial charge in [-0.05, 0) is 24.6 Å². The Labute approximate surface area is 70.4 Å². The van der Waals surface area contributed by atoms with Gasteiger partial charge in [0, 0.05) is 11.9 Å². The van der Waals surface area contributed by atoms with Crippen LogP contribution in [0.5, 0.6) is 0 Å². The average Bonchev–Trinajstić information content (AvgIpc) is 2.01. The minimum atomic E-state index is -0.760. The maximum absolute atomic E-state index is 10.2. The second kappa shape index (κ2) is 3.71. The first-order valence-corrected chi connectivity index (χ1v) is 3.52. The van der Waals surface area contributed by atoms with Crippen LogP contribution in [0.25, 0.3) is 0 Å². The Morgan fingerprint density at radius 3 is 3.08 bits per heavy atom. The van der Waals surface area contributed by atoms with Gasteiger partial charge in [0.25, 0.3) is 0 Å². The lowest BCUT2D eigenvalue weighted by Crippen LogP contribution is -2.12. The number of amides is 1. The number of hydrogen-bond acceptors (Lipinski definition) is 3. The van der Waals surface area contributed by atoms with Gasteiger partial charge in [-0.1, -0.05) is 0 Å². The molecule has 4 heteroatoms. The largest absolute Gasteiger partial charge is 0.445 e. The molecule has 2 N–H and O–H groups in total. The SMILES string of the molecule is Cc1cc(COC(N)=O)ccn1. The Balaban J connectivity index is 2.57. The number of aryl methyl sites for hydroxylation is 1. The van der Waals surface area contributed by atoms with Gasteiger partial charge in [-0.25, -0.2) is 4.79 Å². The number of nitrogens with zero attached hydrogens (tertiary/aromatic N) is 1. The third-order valence-electron chi connectivity index (χ3n) is 1.34. The summed E-state index contributed by atoms with van der Waals surface area (Å²) in [4.78, 5) is 14.2. The van der Waals surface area contributed by atoms with Crippen molar-refractivity contribution < 1.29 is 9.53 Å². The average molecular weight is 166 g/mol. The van der Waals surface area contributed by atoms with Crippen LogP contribution in [0.15, 0.2) is 18.3 Å². The maximum Gasteiger partial charge on any atom is 0.404 e. The minimum absolute atomic E-state index is 0.207. The molecule has 0 aliphatic carbocycles. The van der Waals surface area contributed by atoms with Crippen LogP contribution >= 0.6 is 0 Å². The molecule has 0 unspecified atom stereocenters. The zero-order valence-corrected chi connectivity index (χ0v) is 6.78. The van der Waals surface area contributed by atoms with E-state index in [0.29, 0.717) is 0 Å². The van der Waals surface area contributed by atoms with Crippen LogP contribution in [0.4, 0.5) is 4.79 Å². The van der Waals surface area contributed by atoms with Crippen molar-refractivity contribution in [1.29, 1.82) is 0 Å². The second-order valence-electron chi connectivity index (χ2n) is 2.41. The van der Waals surface area contributed by atoms with Gasteiger partial charge in [0.05, 0.1) is 0 Å². The number of ether oxygens (including phenoxy) is 1. The van der Waals surface area contributed by atoms with Crippen molar-refractivity contribution >= 4 is 6.09 Å². The topological polar surface area (TPSA) is 65.2 Å². The molecule has 12 heavy (non-hydrogen) atoms. The Kier molecular flexibility index (Phi) is 2.63. The van der Waals surface area contributed by atoms with Gasteiger partial charge in [0.15, 0.2) is 0 Å². The molecule has 0 fully saturated rings. The van der Waals surface area contributed by atoms with E-state index in [9.17, 15) is 4.79 Å². The van der Waals surface area contributed by atoms with Gasteiger partial charge in [-0.2, -0.15) is 0 Å². The predicted octanol–water partition coefficient (Wildman–Crippen LogP) is 0.985. The summed E-state index contributed by atoms with van der Waals surface area (Å²) in [5.74, 6) is 0. The number of nitrogens with two attached hydrogens (primary N) is 1. The molecule has 0 saturated heterocycles. The number of pyridine rings is 1. The van der Waals surface area contributed by atoms with Gasteiger partial charge in [-0.3, -0.25) is 4.98 Å². The third kappa shape index (κ3) is 2.57. The lowest BCUT2D eigenvalue weighted by molar-refractivity contribution is 0.150. The van der Waals surface area contributed by atoms with E-state index in [1.807, 2.05) is 13.0 Å². The highest BCUT2D eigenvalue weighted by atomic mass is 16.5. The van der Waals surface area contributed by atoms with Crippen LogP contribution in [0, 0.1) is 6.92 Å². The summed E-state index contributed by atoms with van der Waals surface area (Å²) in [7, 11) is 0. The monoisotopic (exact) mass is 166 g/mol. The summed E-state index contributed by atoms with van der Waals surface area (Å²) in [5.41, 5.74) is 6.58. The minimum Gasteiger partial charge on any atom is -0.445 e. The van der Waals surface area contributed by atoms with E-state index in [-0.39, 0.29) is 6.61 Å². The smallest absolute Gasteiger partial charge is 0.404 e. The Bertz CT molecular complexity index is 286. The molecule has 0 aliphatic heterocycles. The Morgan fingerprint density at radius 1 is 1.75 bits per heavy atom. The molecular weight excluding hydrogens is 156 g/mol. The summed E-state index contributed by atoms with van der Waals surface area (Å²) in [6.45, 7) is 2.08. The van der Waals surface area contributed by atoms with Crippen LogP contribution in [-0.2, 0) is 11.3 Å². The summed E-state index contributed by atoms with van der Waals surface area (Å²) < 4.78 is 4.59. The van der Waals surface area contributed by atoms with E-state index in [4.69, 9.17) is 5.73 Å². The number of rotatable bonds is 2. The number of carbonyl (C=O) groups excluding carboxylic acids is 1. The van der Waals surface area contributed by atoms with Crippen molar-refractivity contribution in [3.05, 3.63) is 29.6 Å². The van der Waals surface area contributed by atoms with E-state index in [1.165, 1.54) is 0 Å². The van der Waals surface area contributed by atoms with Crippen molar-refractivity contribution in [2.24, 2.45) is 5.73 Å². The Morgan fingerprint density at radius 2 is 2.50 bits per heavy atom. The molecule has 4 nitrogen and oxygen atoms in total. The van der Waals surface area contributed by atoms with Gasteiger partial charge < -0.3 is 10.5 Å². The van der Waals surface area contributed by atoms with E-state index >= 15 is 0 Å². The van der Waals surface area contributed by atoms with Gasteiger partial charge in [0.1, 0.15) is 6.61 Å². The van der Waals surface area contributed by atoms with Crippen LogP contribution in [0.2, 0.25) is 0 Å². The fourth-order valence-corrected chi connectivity index (χ4v) is 0.849. The first kappa shape index (κ1) is 8.52. The molecule has 0 aromatic carbocycles.